The number of nitrogen functional groups attached to an aromatic ring is 1. The van der Waals surface area contributed by atoms with E-state index < -0.39 is 0 Å². The summed E-state index contributed by atoms with van der Waals surface area (Å²) in [5, 5.41) is 6.36. The maximum absolute atomic E-state index is 5.75. The van der Waals surface area contributed by atoms with Gasteiger partial charge in [0.1, 0.15) is 0 Å². The molecule has 6 heteroatoms. The molecular weight excluding hydrogens is 276 g/mol. The van der Waals surface area contributed by atoms with E-state index in [1.165, 1.54) is 0 Å². The lowest BCUT2D eigenvalue weighted by molar-refractivity contribution is 0.921. The molecule has 0 radical (unpaired) electrons. The van der Waals surface area contributed by atoms with Gasteiger partial charge in [-0.3, -0.25) is 0 Å². The fraction of sp³-hybridized carbons (Fsp3) is 0.0625. The average molecular weight is 292 g/mol. The molecule has 0 unspecified atom stereocenters. The molecule has 0 amide bonds. The van der Waals surface area contributed by atoms with Gasteiger partial charge in [0.05, 0.1) is 6.54 Å². The molecule has 0 aliphatic heterocycles. The summed E-state index contributed by atoms with van der Waals surface area (Å²) >= 11 is 0. The Morgan fingerprint density at radius 1 is 0.773 bits per heavy atom. The van der Waals surface area contributed by atoms with Gasteiger partial charge in [-0.1, -0.05) is 36.4 Å². The topological polar surface area (TPSA) is 88.8 Å². The molecule has 0 aliphatic rings. The number of anilines is 4. The van der Waals surface area contributed by atoms with Gasteiger partial charge in [-0.2, -0.15) is 15.0 Å². The summed E-state index contributed by atoms with van der Waals surface area (Å²) in [7, 11) is 0. The van der Waals surface area contributed by atoms with E-state index in [9.17, 15) is 0 Å². The monoisotopic (exact) mass is 292 g/mol. The number of aromatic nitrogens is 3. The first-order chi connectivity index (χ1) is 10.8. The van der Waals surface area contributed by atoms with Crippen LogP contribution in [-0.4, -0.2) is 15.0 Å². The molecule has 1 aromatic heterocycles. The van der Waals surface area contributed by atoms with Crippen LogP contribution in [0, 0.1) is 0 Å². The quantitative estimate of drug-likeness (QED) is 0.670. The van der Waals surface area contributed by atoms with Crippen molar-refractivity contribution >= 4 is 23.3 Å². The minimum absolute atomic E-state index is 0.193. The van der Waals surface area contributed by atoms with E-state index in [1.807, 2.05) is 60.7 Å². The van der Waals surface area contributed by atoms with E-state index in [0.717, 1.165) is 11.4 Å². The Kier molecular flexibility index (Phi) is 4.10. The van der Waals surface area contributed by atoms with Crippen LogP contribution in [0.4, 0.5) is 23.3 Å². The number of nitrogens with one attached hydrogen (secondary N) is 2. The first-order valence-electron chi connectivity index (χ1n) is 6.91. The van der Waals surface area contributed by atoms with Gasteiger partial charge in [0.2, 0.25) is 11.9 Å². The third-order valence-corrected chi connectivity index (χ3v) is 2.95. The highest BCUT2D eigenvalue weighted by atomic mass is 15.2. The first-order valence-corrected chi connectivity index (χ1v) is 6.91. The van der Waals surface area contributed by atoms with Gasteiger partial charge in [0.15, 0.2) is 5.82 Å². The molecule has 0 spiro atoms. The number of nitrogens with zero attached hydrogens (tertiary/aromatic N) is 3. The van der Waals surface area contributed by atoms with Crippen LogP contribution in [-0.2, 0) is 6.54 Å². The molecule has 3 aromatic rings. The fourth-order valence-electron chi connectivity index (χ4n) is 1.96. The summed E-state index contributed by atoms with van der Waals surface area (Å²) < 4.78 is 0. The molecule has 110 valence electrons. The Labute approximate surface area is 128 Å². The van der Waals surface area contributed by atoms with Crippen LogP contribution >= 0.6 is 0 Å². The molecular formula is C16H16N6. The van der Waals surface area contributed by atoms with Crippen molar-refractivity contribution < 1.29 is 0 Å². The Bertz CT molecular complexity index is 730. The van der Waals surface area contributed by atoms with Gasteiger partial charge in [-0.15, -0.1) is 0 Å². The van der Waals surface area contributed by atoms with Crippen LogP contribution in [0.1, 0.15) is 5.82 Å². The van der Waals surface area contributed by atoms with Crippen LogP contribution in [0.2, 0.25) is 0 Å². The van der Waals surface area contributed by atoms with E-state index >= 15 is 0 Å². The van der Waals surface area contributed by atoms with Gasteiger partial charge in [-0.05, 0) is 24.3 Å². The lowest BCUT2D eigenvalue weighted by Gasteiger charge is -2.08. The van der Waals surface area contributed by atoms with Crippen molar-refractivity contribution in [2.24, 2.45) is 0 Å². The number of rotatable bonds is 5. The van der Waals surface area contributed by atoms with Crippen molar-refractivity contribution in [2.45, 2.75) is 6.54 Å². The number of benzene rings is 2. The largest absolute Gasteiger partial charge is 0.378 e. The summed E-state index contributed by atoms with van der Waals surface area (Å²) in [6.07, 6.45) is 0. The molecule has 2 aromatic carbocycles. The summed E-state index contributed by atoms with van der Waals surface area (Å²) in [5.74, 6) is 1.21. The van der Waals surface area contributed by atoms with Crippen LogP contribution in [0.15, 0.2) is 60.7 Å². The van der Waals surface area contributed by atoms with Gasteiger partial charge >= 0.3 is 0 Å². The molecule has 22 heavy (non-hydrogen) atoms. The van der Waals surface area contributed by atoms with Crippen LogP contribution < -0.4 is 16.4 Å². The zero-order chi connectivity index (χ0) is 15.2. The maximum atomic E-state index is 5.75. The van der Waals surface area contributed by atoms with Crippen LogP contribution in [0.3, 0.4) is 0 Å². The van der Waals surface area contributed by atoms with Gasteiger partial charge in [-0.25, -0.2) is 0 Å². The third-order valence-electron chi connectivity index (χ3n) is 2.95. The van der Waals surface area contributed by atoms with Crippen molar-refractivity contribution in [1.29, 1.82) is 0 Å². The zero-order valence-corrected chi connectivity index (χ0v) is 11.9. The highest BCUT2D eigenvalue weighted by molar-refractivity contribution is 5.53. The fourth-order valence-corrected chi connectivity index (χ4v) is 1.96. The molecule has 0 fully saturated rings. The first kappa shape index (κ1) is 13.8. The van der Waals surface area contributed by atoms with E-state index in [1.54, 1.807) is 0 Å². The van der Waals surface area contributed by atoms with Crippen LogP contribution in [0.5, 0.6) is 0 Å². The predicted octanol–water partition coefficient (Wildman–Crippen LogP) is 2.81. The number of nitrogens with two attached hydrogens (primary N) is 1. The van der Waals surface area contributed by atoms with Gasteiger partial charge < -0.3 is 16.4 Å². The molecule has 4 N–H and O–H groups in total. The summed E-state index contributed by atoms with van der Waals surface area (Å²) in [4.78, 5) is 12.6. The lowest BCUT2D eigenvalue weighted by Crippen LogP contribution is -2.10. The second-order valence-corrected chi connectivity index (χ2v) is 4.64. The predicted molar refractivity (Wildman–Crippen MR) is 87.7 cm³/mol. The molecule has 3 rings (SSSR count). The van der Waals surface area contributed by atoms with Crippen molar-refractivity contribution in [3.63, 3.8) is 0 Å². The molecule has 0 saturated heterocycles. The van der Waals surface area contributed by atoms with Crippen molar-refractivity contribution in [1.82, 2.24) is 15.0 Å². The second kappa shape index (κ2) is 6.53. The highest BCUT2D eigenvalue weighted by Gasteiger charge is 2.05. The number of para-hydroxylation sites is 2. The van der Waals surface area contributed by atoms with Crippen molar-refractivity contribution in [3.8, 4) is 0 Å². The molecule has 1 heterocycles. The average Bonchev–Trinajstić information content (AvgIpc) is 2.54. The molecule has 0 bridgehead atoms. The molecule has 0 aliphatic carbocycles. The smallest absolute Gasteiger partial charge is 0.232 e. The van der Waals surface area contributed by atoms with Gasteiger partial charge in [0.25, 0.3) is 0 Å². The highest BCUT2D eigenvalue weighted by Crippen LogP contribution is 2.13. The third kappa shape index (κ3) is 3.69. The van der Waals surface area contributed by atoms with Crippen LogP contribution in [0.25, 0.3) is 0 Å². The SMILES string of the molecule is Nc1nc(CNc2ccccc2)nc(Nc2ccccc2)n1. The minimum Gasteiger partial charge on any atom is -0.378 e. The number of hydrogen-bond acceptors (Lipinski definition) is 6. The molecule has 0 saturated carbocycles. The molecule has 6 nitrogen and oxygen atoms in total. The van der Waals surface area contributed by atoms with Crippen molar-refractivity contribution in [2.75, 3.05) is 16.4 Å². The zero-order valence-electron chi connectivity index (χ0n) is 11.9. The summed E-state index contributed by atoms with van der Waals surface area (Å²) in [5.41, 5.74) is 7.65. The minimum atomic E-state index is 0.193. The normalized spacial score (nSPS) is 10.2. The van der Waals surface area contributed by atoms with Gasteiger partial charge in [0, 0.05) is 11.4 Å². The van der Waals surface area contributed by atoms with E-state index in [0.29, 0.717) is 18.3 Å². The summed E-state index contributed by atoms with van der Waals surface area (Å²) in [6.45, 7) is 0.472. The van der Waals surface area contributed by atoms with E-state index in [2.05, 4.69) is 25.6 Å². The standard InChI is InChI=1S/C16H16N6/c17-15-20-14(11-18-12-7-3-1-4-8-12)21-16(22-15)19-13-9-5-2-6-10-13/h1-10,18H,11H2,(H3,17,19,20,21,22). The Morgan fingerprint density at radius 2 is 1.41 bits per heavy atom. The Morgan fingerprint density at radius 3 is 2.09 bits per heavy atom. The van der Waals surface area contributed by atoms with E-state index in [4.69, 9.17) is 5.73 Å². The lowest BCUT2D eigenvalue weighted by atomic mass is 10.3. The van der Waals surface area contributed by atoms with Crippen molar-refractivity contribution in [3.05, 3.63) is 66.5 Å². The second-order valence-electron chi connectivity index (χ2n) is 4.64. The summed E-state index contributed by atoms with van der Waals surface area (Å²) in [6, 6.07) is 19.5. The molecule has 0 atom stereocenters. The Balaban J connectivity index is 1.72. The number of hydrogen-bond donors (Lipinski definition) is 3. The van der Waals surface area contributed by atoms with E-state index in [-0.39, 0.29) is 5.95 Å². The Hall–Kier alpha value is -3.15. The maximum Gasteiger partial charge on any atom is 0.232 e.